The van der Waals surface area contributed by atoms with E-state index >= 15 is 0 Å². The fourth-order valence-electron chi connectivity index (χ4n) is 0.841. The smallest absolute Gasteiger partial charge is 0.0700 e. The summed E-state index contributed by atoms with van der Waals surface area (Å²) in [5, 5.41) is 0. The minimum absolute atomic E-state index is 0.701. The number of unbranched alkanes of at least 4 members (excludes halogenated alkanes) is 2. The maximum Gasteiger partial charge on any atom is 0.0700 e. The molecule has 0 aliphatic heterocycles. The van der Waals surface area contributed by atoms with Gasteiger partial charge in [-0.15, -0.1) is 0 Å². The molecule has 0 aliphatic carbocycles. The highest BCUT2D eigenvalue weighted by atomic mass is 32.1. The number of hydrogen-bond acceptors (Lipinski definition) is 3. The molecule has 0 fully saturated rings. The molecule has 0 heterocycles. The van der Waals surface area contributed by atoms with Crippen molar-refractivity contribution in [2.75, 3.05) is 32.2 Å². The Kier molecular flexibility index (Phi) is 11.5. The molecule has 0 saturated heterocycles. The maximum atomic E-state index is 5.33. The Morgan fingerprint density at radius 2 is 1.58 bits per heavy atom. The van der Waals surface area contributed by atoms with Gasteiger partial charge in [0, 0.05) is 12.4 Å². The molecule has 12 heavy (non-hydrogen) atoms. The van der Waals surface area contributed by atoms with E-state index in [1.54, 1.807) is 0 Å². The fraction of sp³-hybridized carbons (Fsp3) is 1.00. The summed E-state index contributed by atoms with van der Waals surface area (Å²) in [6.45, 7) is 5.21. The monoisotopic (exact) mass is 192 g/mol. The normalized spacial score (nSPS) is 10.5. The second-order valence-electron chi connectivity index (χ2n) is 2.66. The summed E-state index contributed by atoms with van der Waals surface area (Å²) >= 11 is 4.03. The third-order valence-electron chi connectivity index (χ3n) is 1.50. The van der Waals surface area contributed by atoms with Gasteiger partial charge in [0.15, 0.2) is 0 Å². The van der Waals surface area contributed by atoms with Crippen molar-refractivity contribution in [1.82, 2.24) is 0 Å². The summed E-state index contributed by atoms with van der Waals surface area (Å²) in [5.74, 6) is 0.788. The average molecular weight is 192 g/mol. The molecule has 0 radical (unpaired) electrons. The third kappa shape index (κ3) is 10.3. The summed E-state index contributed by atoms with van der Waals surface area (Å²) < 4.78 is 10.5. The lowest BCUT2D eigenvalue weighted by atomic mass is 10.3. The Morgan fingerprint density at radius 3 is 2.17 bits per heavy atom. The van der Waals surface area contributed by atoms with Crippen LogP contribution in [0.4, 0.5) is 0 Å². The molecule has 0 rings (SSSR count). The quantitative estimate of drug-likeness (QED) is 0.446. The molecule has 74 valence electrons. The Hall–Kier alpha value is 0.270. The molecule has 0 N–H and O–H groups in total. The van der Waals surface area contributed by atoms with Crippen molar-refractivity contribution < 1.29 is 9.47 Å². The molecule has 0 aromatic carbocycles. The first-order chi connectivity index (χ1) is 5.91. The average Bonchev–Trinajstić information content (AvgIpc) is 2.10. The maximum absolute atomic E-state index is 5.33. The van der Waals surface area contributed by atoms with E-state index in [1.807, 2.05) is 0 Å². The minimum Gasteiger partial charge on any atom is -0.379 e. The van der Waals surface area contributed by atoms with Crippen LogP contribution in [0.15, 0.2) is 0 Å². The Labute approximate surface area is 81.0 Å². The van der Waals surface area contributed by atoms with Crippen molar-refractivity contribution in [3.63, 3.8) is 0 Å². The molecular weight excluding hydrogens is 172 g/mol. The molecule has 0 bridgehead atoms. The first-order valence-electron chi connectivity index (χ1n) is 4.68. The van der Waals surface area contributed by atoms with Crippen molar-refractivity contribution in [1.29, 1.82) is 0 Å². The van der Waals surface area contributed by atoms with Crippen LogP contribution in [-0.2, 0) is 9.47 Å². The first kappa shape index (κ1) is 12.3. The van der Waals surface area contributed by atoms with Crippen molar-refractivity contribution in [3.05, 3.63) is 0 Å². The van der Waals surface area contributed by atoms with E-state index in [-0.39, 0.29) is 0 Å². The highest BCUT2D eigenvalue weighted by Crippen LogP contribution is 1.93. The predicted octanol–water partition coefficient (Wildman–Crippen LogP) is 2.14. The van der Waals surface area contributed by atoms with Crippen LogP contribution in [0.3, 0.4) is 0 Å². The van der Waals surface area contributed by atoms with Gasteiger partial charge in [0.2, 0.25) is 0 Å². The minimum atomic E-state index is 0.701. The molecule has 0 aromatic rings. The number of hydrogen-bond donors (Lipinski definition) is 1. The molecule has 2 nitrogen and oxygen atoms in total. The number of ether oxygens (including phenoxy) is 2. The van der Waals surface area contributed by atoms with E-state index < -0.39 is 0 Å². The predicted molar refractivity (Wildman–Crippen MR) is 55.0 cm³/mol. The zero-order valence-electron chi connectivity index (χ0n) is 7.92. The molecule has 0 aromatic heterocycles. The van der Waals surface area contributed by atoms with Crippen LogP contribution in [0.25, 0.3) is 0 Å². The summed E-state index contributed by atoms with van der Waals surface area (Å²) in [5.41, 5.74) is 0. The molecule has 0 aliphatic rings. The van der Waals surface area contributed by atoms with E-state index in [0.29, 0.717) is 6.61 Å². The largest absolute Gasteiger partial charge is 0.379 e. The third-order valence-corrected chi connectivity index (χ3v) is 1.68. The second kappa shape index (κ2) is 11.3. The molecule has 0 atom stereocenters. The Bertz CT molecular complexity index is 68.9. The van der Waals surface area contributed by atoms with E-state index in [1.165, 1.54) is 19.3 Å². The Morgan fingerprint density at radius 1 is 0.917 bits per heavy atom. The summed E-state index contributed by atoms with van der Waals surface area (Å²) in [4.78, 5) is 0. The van der Waals surface area contributed by atoms with Crippen LogP contribution in [-0.4, -0.2) is 32.2 Å². The van der Waals surface area contributed by atoms with Crippen LogP contribution >= 0.6 is 12.6 Å². The molecular formula is C9H20O2S. The number of thiol groups is 1. The van der Waals surface area contributed by atoms with Crippen molar-refractivity contribution in [2.45, 2.75) is 26.2 Å². The van der Waals surface area contributed by atoms with Crippen LogP contribution in [0.2, 0.25) is 0 Å². The van der Waals surface area contributed by atoms with Crippen molar-refractivity contribution in [3.8, 4) is 0 Å². The summed E-state index contributed by atoms with van der Waals surface area (Å²) in [6.07, 6.45) is 3.68. The van der Waals surface area contributed by atoms with E-state index in [9.17, 15) is 0 Å². The Balaban J connectivity index is 2.73. The van der Waals surface area contributed by atoms with Gasteiger partial charge in [-0.1, -0.05) is 19.8 Å². The summed E-state index contributed by atoms with van der Waals surface area (Å²) in [6, 6.07) is 0. The molecule has 0 saturated carbocycles. The van der Waals surface area contributed by atoms with Gasteiger partial charge in [-0.2, -0.15) is 12.6 Å². The zero-order chi connectivity index (χ0) is 9.07. The lowest BCUT2D eigenvalue weighted by Crippen LogP contribution is -2.06. The van der Waals surface area contributed by atoms with E-state index in [4.69, 9.17) is 9.47 Å². The highest BCUT2D eigenvalue weighted by molar-refractivity contribution is 7.80. The SMILES string of the molecule is CCCCCOCCOCCS. The second-order valence-corrected chi connectivity index (χ2v) is 3.10. The lowest BCUT2D eigenvalue weighted by Gasteiger charge is -2.03. The van der Waals surface area contributed by atoms with Crippen LogP contribution in [0, 0.1) is 0 Å². The molecule has 0 spiro atoms. The van der Waals surface area contributed by atoms with Crippen LogP contribution < -0.4 is 0 Å². The van der Waals surface area contributed by atoms with Gasteiger partial charge in [-0.05, 0) is 6.42 Å². The lowest BCUT2D eigenvalue weighted by molar-refractivity contribution is 0.0524. The zero-order valence-corrected chi connectivity index (χ0v) is 8.81. The molecule has 0 unspecified atom stereocenters. The highest BCUT2D eigenvalue weighted by Gasteiger charge is 1.88. The summed E-state index contributed by atoms with van der Waals surface area (Å²) in [7, 11) is 0. The van der Waals surface area contributed by atoms with Gasteiger partial charge in [-0.25, -0.2) is 0 Å². The molecule has 0 amide bonds. The van der Waals surface area contributed by atoms with E-state index in [2.05, 4.69) is 19.6 Å². The standard InChI is InChI=1S/C9H20O2S/c1-2-3-4-5-10-6-7-11-8-9-12/h12H,2-9H2,1H3. The fourth-order valence-corrected chi connectivity index (χ4v) is 0.970. The van der Waals surface area contributed by atoms with Crippen molar-refractivity contribution >= 4 is 12.6 Å². The van der Waals surface area contributed by atoms with Gasteiger partial charge in [0.25, 0.3) is 0 Å². The van der Waals surface area contributed by atoms with Gasteiger partial charge < -0.3 is 9.47 Å². The van der Waals surface area contributed by atoms with Gasteiger partial charge in [0.1, 0.15) is 0 Å². The first-order valence-corrected chi connectivity index (χ1v) is 5.31. The van der Waals surface area contributed by atoms with Gasteiger partial charge in [0.05, 0.1) is 19.8 Å². The van der Waals surface area contributed by atoms with Crippen LogP contribution in [0.1, 0.15) is 26.2 Å². The topological polar surface area (TPSA) is 18.5 Å². The van der Waals surface area contributed by atoms with Crippen LogP contribution in [0.5, 0.6) is 0 Å². The molecule has 3 heteroatoms. The van der Waals surface area contributed by atoms with E-state index in [0.717, 1.165) is 25.6 Å². The van der Waals surface area contributed by atoms with Crippen molar-refractivity contribution in [2.24, 2.45) is 0 Å². The van der Waals surface area contributed by atoms with Gasteiger partial charge >= 0.3 is 0 Å². The number of rotatable bonds is 9. The van der Waals surface area contributed by atoms with Gasteiger partial charge in [-0.3, -0.25) is 0 Å².